The molecule has 0 aliphatic carbocycles. The molecule has 7 heteroatoms. The maximum absolute atomic E-state index is 11.2. The zero-order chi connectivity index (χ0) is 12.3. The van der Waals surface area contributed by atoms with Crippen LogP contribution in [0.3, 0.4) is 0 Å². The van der Waals surface area contributed by atoms with Crippen LogP contribution < -0.4 is 5.73 Å². The SMILES string of the molecule is CS(=O)(=O)c1ccc(C(O)C(N)CO)cc1.Cl. The lowest BCUT2D eigenvalue weighted by molar-refractivity contribution is 0.109. The monoisotopic (exact) mass is 281 g/mol. The Bertz CT molecular complexity index is 446. The summed E-state index contributed by atoms with van der Waals surface area (Å²) in [5.74, 6) is 0. The predicted octanol–water partition coefficient (Wildman–Crippen LogP) is -0.135. The Morgan fingerprint density at radius 1 is 1.29 bits per heavy atom. The molecule has 1 aromatic rings. The molecule has 0 saturated heterocycles. The third-order valence-electron chi connectivity index (χ3n) is 2.27. The lowest BCUT2D eigenvalue weighted by Gasteiger charge is -2.16. The van der Waals surface area contributed by atoms with Crippen LogP contribution in [0.15, 0.2) is 29.2 Å². The highest BCUT2D eigenvalue weighted by Gasteiger charge is 2.16. The van der Waals surface area contributed by atoms with Crippen molar-refractivity contribution < 1.29 is 18.6 Å². The van der Waals surface area contributed by atoms with Crippen molar-refractivity contribution >= 4 is 22.2 Å². The van der Waals surface area contributed by atoms with Gasteiger partial charge in [-0.1, -0.05) is 12.1 Å². The molecule has 0 amide bonds. The molecule has 1 rings (SSSR count). The largest absolute Gasteiger partial charge is 0.395 e. The second-order valence-electron chi connectivity index (χ2n) is 3.63. The standard InChI is InChI=1S/C10H15NO4S.ClH/c1-16(14,15)8-4-2-7(3-5-8)10(13)9(11)6-12;/h2-5,9-10,12-13H,6,11H2,1H3;1H. The molecule has 0 aromatic heterocycles. The minimum atomic E-state index is -3.23. The molecule has 1 aromatic carbocycles. The van der Waals surface area contributed by atoms with Crippen LogP contribution >= 0.6 is 12.4 Å². The molecule has 0 fully saturated rings. The van der Waals surface area contributed by atoms with E-state index in [1.165, 1.54) is 24.3 Å². The van der Waals surface area contributed by atoms with Gasteiger partial charge in [-0.3, -0.25) is 0 Å². The number of hydrogen-bond donors (Lipinski definition) is 3. The zero-order valence-corrected chi connectivity index (χ0v) is 10.9. The lowest BCUT2D eigenvalue weighted by Crippen LogP contribution is -2.31. The number of aliphatic hydroxyl groups excluding tert-OH is 2. The van der Waals surface area contributed by atoms with E-state index in [1.807, 2.05) is 0 Å². The van der Waals surface area contributed by atoms with Crippen LogP contribution in [0.4, 0.5) is 0 Å². The van der Waals surface area contributed by atoms with Crippen molar-refractivity contribution in [3.05, 3.63) is 29.8 Å². The van der Waals surface area contributed by atoms with Gasteiger partial charge in [-0.05, 0) is 17.7 Å². The fourth-order valence-electron chi connectivity index (χ4n) is 1.26. The van der Waals surface area contributed by atoms with E-state index in [0.717, 1.165) is 6.26 Å². The Morgan fingerprint density at radius 3 is 2.12 bits per heavy atom. The fraction of sp³-hybridized carbons (Fsp3) is 0.400. The molecule has 0 aliphatic heterocycles. The van der Waals surface area contributed by atoms with Crippen LogP contribution in [0.5, 0.6) is 0 Å². The van der Waals surface area contributed by atoms with E-state index in [4.69, 9.17) is 10.8 Å². The van der Waals surface area contributed by atoms with Gasteiger partial charge in [-0.15, -0.1) is 12.4 Å². The first-order valence-corrected chi connectivity index (χ1v) is 6.60. The minimum absolute atomic E-state index is 0. The molecular formula is C10H16ClNO4S. The molecule has 98 valence electrons. The first-order valence-electron chi connectivity index (χ1n) is 4.71. The Morgan fingerprint density at radius 2 is 1.76 bits per heavy atom. The number of rotatable bonds is 4. The summed E-state index contributed by atoms with van der Waals surface area (Å²) in [6.45, 7) is -0.338. The molecule has 2 unspecified atom stereocenters. The average molecular weight is 282 g/mol. The van der Waals surface area contributed by atoms with Crippen LogP contribution in [0.1, 0.15) is 11.7 Å². The average Bonchev–Trinajstić information content (AvgIpc) is 2.26. The molecule has 0 radical (unpaired) electrons. The summed E-state index contributed by atoms with van der Waals surface area (Å²) in [5, 5.41) is 18.4. The molecule has 0 bridgehead atoms. The summed E-state index contributed by atoms with van der Waals surface area (Å²) in [7, 11) is -3.23. The van der Waals surface area contributed by atoms with Crippen LogP contribution in [0.2, 0.25) is 0 Å². The molecule has 0 spiro atoms. The van der Waals surface area contributed by atoms with E-state index >= 15 is 0 Å². The van der Waals surface area contributed by atoms with Gasteiger partial charge in [0.2, 0.25) is 0 Å². The second-order valence-corrected chi connectivity index (χ2v) is 5.65. The maximum atomic E-state index is 11.2. The molecule has 5 nitrogen and oxygen atoms in total. The third kappa shape index (κ3) is 4.25. The summed E-state index contributed by atoms with van der Waals surface area (Å²) in [6.07, 6.45) is 0.108. The first kappa shape index (κ1) is 16.3. The van der Waals surface area contributed by atoms with Crippen LogP contribution in [-0.2, 0) is 9.84 Å². The zero-order valence-electron chi connectivity index (χ0n) is 9.28. The Hall–Kier alpha value is -0.660. The van der Waals surface area contributed by atoms with Gasteiger partial charge < -0.3 is 15.9 Å². The van der Waals surface area contributed by atoms with Gasteiger partial charge in [0.15, 0.2) is 9.84 Å². The second kappa shape index (κ2) is 6.32. The summed E-state index contributed by atoms with van der Waals surface area (Å²) in [4.78, 5) is 0.181. The molecular weight excluding hydrogens is 266 g/mol. The van der Waals surface area contributed by atoms with E-state index in [-0.39, 0.29) is 23.9 Å². The van der Waals surface area contributed by atoms with E-state index in [2.05, 4.69) is 0 Å². The minimum Gasteiger partial charge on any atom is -0.395 e. The number of aliphatic hydroxyl groups is 2. The van der Waals surface area contributed by atoms with Crippen LogP contribution in [0, 0.1) is 0 Å². The molecule has 0 heterocycles. The third-order valence-corrected chi connectivity index (χ3v) is 3.39. The van der Waals surface area contributed by atoms with E-state index in [9.17, 15) is 13.5 Å². The van der Waals surface area contributed by atoms with Crippen molar-refractivity contribution in [2.24, 2.45) is 5.73 Å². The smallest absolute Gasteiger partial charge is 0.175 e. The predicted molar refractivity (Wildman–Crippen MR) is 66.8 cm³/mol. The van der Waals surface area contributed by atoms with Crippen molar-refractivity contribution in [3.8, 4) is 0 Å². The van der Waals surface area contributed by atoms with Crippen LogP contribution in [-0.4, -0.2) is 37.5 Å². The normalized spacial score (nSPS) is 14.8. The molecule has 17 heavy (non-hydrogen) atoms. The van der Waals surface area contributed by atoms with Crippen molar-refractivity contribution in [3.63, 3.8) is 0 Å². The highest BCUT2D eigenvalue weighted by Crippen LogP contribution is 2.18. The number of hydrogen-bond acceptors (Lipinski definition) is 5. The van der Waals surface area contributed by atoms with E-state index in [1.54, 1.807) is 0 Å². The quantitative estimate of drug-likeness (QED) is 0.713. The maximum Gasteiger partial charge on any atom is 0.175 e. The Kier molecular flexibility index (Phi) is 6.08. The van der Waals surface area contributed by atoms with Crippen LogP contribution in [0.25, 0.3) is 0 Å². The van der Waals surface area contributed by atoms with Gasteiger partial charge in [-0.25, -0.2) is 8.42 Å². The fourth-order valence-corrected chi connectivity index (χ4v) is 1.89. The topological polar surface area (TPSA) is 101 Å². The van der Waals surface area contributed by atoms with Gasteiger partial charge in [0.25, 0.3) is 0 Å². The first-order chi connectivity index (χ1) is 7.36. The van der Waals surface area contributed by atoms with E-state index in [0.29, 0.717) is 5.56 Å². The molecule has 0 aliphatic rings. The highest BCUT2D eigenvalue weighted by molar-refractivity contribution is 7.90. The summed E-state index contributed by atoms with van der Waals surface area (Å²) >= 11 is 0. The van der Waals surface area contributed by atoms with Gasteiger partial charge >= 0.3 is 0 Å². The van der Waals surface area contributed by atoms with Crippen molar-refractivity contribution in [2.45, 2.75) is 17.0 Å². The van der Waals surface area contributed by atoms with Gasteiger partial charge in [0.1, 0.15) is 0 Å². The van der Waals surface area contributed by atoms with Crippen molar-refractivity contribution in [1.29, 1.82) is 0 Å². The summed E-state index contributed by atoms with van der Waals surface area (Å²) < 4.78 is 22.4. The number of halogens is 1. The summed E-state index contributed by atoms with van der Waals surface area (Å²) in [6, 6.07) is 4.99. The highest BCUT2D eigenvalue weighted by atomic mass is 35.5. The molecule has 0 saturated carbocycles. The number of benzene rings is 1. The van der Waals surface area contributed by atoms with Gasteiger partial charge in [0.05, 0.1) is 23.6 Å². The van der Waals surface area contributed by atoms with Crippen molar-refractivity contribution in [2.75, 3.05) is 12.9 Å². The Labute approximate surface area is 107 Å². The van der Waals surface area contributed by atoms with E-state index < -0.39 is 22.0 Å². The molecule has 2 atom stereocenters. The lowest BCUT2D eigenvalue weighted by atomic mass is 10.0. The number of sulfone groups is 1. The van der Waals surface area contributed by atoms with Gasteiger partial charge in [-0.2, -0.15) is 0 Å². The Balaban J connectivity index is 0.00000256. The molecule has 4 N–H and O–H groups in total. The number of nitrogens with two attached hydrogens (primary N) is 1. The van der Waals surface area contributed by atoms with Gasteiger partial charge in [0, 0.05) is 6.26 Å². The summed E-state index contributed by atoms with van der Waals surface area (Å²) in [5.41, 5.74) is 5.93. The van der Waals surface area contributed by atoms with Crippen molar-refractivity contribution in [1.82, 2.24) is 0 Å².